The van der Waals surface area contributed by atoms with Crippen LogP contribution in [-0.2, 0) is 6.42 Å². The summed E-state index contributed by atoms with van der Waals surface area (Å²) in [5, 5.41) is 0.410. The summed E-state index contributed by atoms with van der Waals surface area (Å²) in [7, 11) is 0. The molecule has 4 heteroatoms. The molecule has 1 heterocycles. The first-order chi connectivity index (χ1) is 9.65. The molecule has 0 aromatic carbocycles. The van der Waals surface area contributed by atoms with Crippen molar-refractivity contribution in [1.82, 2.24) is 9.88 Å². The van der Waals surface area contributed by atoms with Gasteiger partial charge < -0.3 is 4.90 Å². The van der Waals surface area contributed by atoms with Gasteiger partial charge in [-0.25, -0.2) is 4.98 Å². The molecule has 0 atom stereocenters. The molecule has 2 rings (SSSR count). The Kier molecular flexibility index (Phi) is 5.41. The van der Waals surface area contributed by atoms with Gasteiger partial charge >= 0.3 is 0 Å². The third-order valence-corrected chi connectivity index (χ3v) is 4.27. The molecule has 1 aromatic heterocycles. The highest BCUT2D eigenvalue weighted by atomic mass is 35.5. The van der Waals surface area contributed by atoms with Crippen molar-refractivity contribution in [2.75, 3.05) is 6.54 Å². The Bertz CT molecular complexity index is 470. The van der Waals surface area contributed by atoms with Crippen molar-refractivity contribution >= 4 is 17.5 Å². The summed E-state index contributed by atoms with van der Waals surface area (Å²) >= 11 is 6.02. The predicted molar refractivity (Wildman–Crippen MR) is 82.2 cm³/mol. The Hall–Kier alpha value is -1.09. The summed E-state index contributed by atoms with van der Waals surface area (Å²) in [6.07, 6.45) is 6.79. The molecule has 1 amide bonds. The highest BCUT2D eigenvalue weighted by molar-refractivity contribution is 6.29. The lowest BCUT2D eigenvalue weighted by atomic mass is 9.93. The first-order valence-corrected chi connectivity index (χ1v) is 8.01. The van der Waals surface area contributed by atoms with Crippen LogP contribution in [0.25, 0.3) is 0 Å². The van der Waals surface area contributed by atoms with Crippen LogP contribution in [0.4, 0.5) is 0 Å². The van der Waals surface area contributed by atoms with Crippen LogP contribution in [0.1, 0.15) is 62.0 Å². The fourth-order valence-corrected chi connectivity index (χ4v) is 3.21. The standard InChI is InChI=1S/C16H23ClN2O/c1-3-13-10-12(11-15(17)18-13)16(20)19(4-2)14-8-6-5-7-9-14/h10-11,14H,3-9H2,1-2H3. The topological polar surface area (TPSA) is 33.2 Å². The van der Waals surface area contributed by atoms with Gasteiger partial charge in [-0.2, -0.15) is 0 Å². The Labute approximate surface area is 126 Å². The van der Waals surface area contributed by atoms with Gasteiger partial charge in [-0.1, -0.05) is 37.8 Å². The molecule has 1 aliphatic carbocycles. The van der Waals surface area contributed by atoms with Crippen LogP contribution in [0, 0.1) is 0 Å². The Balaban J connectivity index is 2.21. The number of carbonyl (C=O) groups is 1. The molecule has 0 saturated heterocycles. The maximum atomic E-state index is 12.7. The van der Waals surface area contributed by atoms with E-state index in [1.807, 2.05) is 17.9 Å². The van der Waals surface area contributed by atoms with Gasteiger partial charge in [0.05, 0.1) is 0 Å². The van der Waals surface area contributed by atoms with E-state index in [2.05, 4.69) is 11.9 Å². The number of nitrogens with zero attached hydrogens (tertiary/aromatic N) is 2. The smallest absolute Gasteiger partial charge is 0.254 e. The van der Waals surface area contributed by atoms with Crippen LogP contribution >= 0.6 is 11.6 Å². The van der Waals surface area contributed by atoms with Crippen LogP contribution in [0.15, 0.2) is 12.1 Å². The minimum absolute atomic E-state index is 0.0957. The number of aromatic nitrogens is 1. The summed E-state index contributed by atoms with van der Waals surface area (Å²) in [6, 6.07) is 3.95. The predicted octanol–water partition coefficient (Wildman–Crippen LogP) is 4.09. The Morgan fingerprint density at radius 3 is 2.60 bits per heavy atom. The second-order valence-corrected chi connectivity index (χ2v) is 5.79. The minimum Gasteiger partial charge on any atom is -0.336 e. The molecule has 0 N–H and O–H groups in total. The van der Waals surface area contributed by atoms with Gasteiger partial charge in [0.1, 0.15) is 5.15 Å². The second-order valence-electron chi connectivity index (χ2n) is 5.41. The number of halogens is 1. The minimum atomic E-state index is 0.0957. The lowest BCUT2D eigenvalue weighted by molar-refractivity contribution is 0.0647. The number of carbonyl (C=O) groups excluding carboxylic acids is 1. The van der Waals surface area contributed by atoms with E-state index in [9.17, 15) is 4.79 Å². The van der Waals surface area contributed by atoms with Crippen molar-refractivity contribution in [2.45, 2.75) is 58.4 Å². The van der Waals surface area contributed by atoms with Crippen molar-refractivity contribution in [3.8, 4) is 0 Å². The number of amides is 1. The SMILES string of the molecule is CCc1cc(C(=O)N(CC)C2CCCCC2)cc(Cl)n1. The number of hydrogen-bond donors (Lipinski definition) is 0. The van der Waals surface area contributed by atoms with E-state index in [0.29, 0.717) is 16.8 Å². The fraction of sp³-hybridized carbons (Fsp3) is 0.625. The van der Waals surface area contributed by atoms with Crippen LogP contribution in [0.2, 0.25) is 5.15 Å². The normalized spacial score (nSPS) is 16.1. The average Bonchev–Trinajstić information content (AvgIpc) is 2.48. The molecule has 0 bridgehead atoms. The van der Waals surface area contributed by atoms with E-state index in [4.69, 9.17) is 11.6 Å². The monoisotopic (exact) mass is 294 g/mol. The molecular weight excluding hydrogens is 272 g/mol. The first-order valence-electron chi connectivity index (χ1n) is 7.63. The summed E-state index contributed by atoms with van der Waals surface area (Å²) < 4.78 is 0. The van der Waals surface area contributed by atoms with Crippen molar-refractivity contribution in [2.24, 2.45) is 0 Å². The summed E-state index contributed by atoms with van der Waals surface area (Å²) in [5.41, 5.74) is 1.55. The zero-order valence-electron chi connectivity index (χ0n) is 12.4. The second kappa shape index (κ2) is 7.07. The summed E-state index contributed by atoms with van der Waals surface area (Å²) in [6.45, 7) is 4.83. The highest BCUT2D eigenvalue weighted by Crippen LogP contribution is 2.24. The summed E-state index contributed by atoms with van der Waals surface area (Å²) in [5.74, 6) is 0.0957. The van der Waals surface area contributed by atoms with E-state index < -0.39 is 0 Å². The third-order valence-electron chi connectivity index (χ3n) is 4.07. The quantitative estimate of drug-likeness (QED) is 0.784. The van der Waals surface area contributed by atoms with Crippen molar-refractivity contribution in [3.63, 3.8) is 0 Å². The van der Waals surface area contributed by atoms with Crippen LogP contribution in [-0.4, -0.2) is 28.4 Å². The first kappa shape index (κ1) is 15.3. The van der Waals surface area contributed by atoms with Gasteiger partial charge in [0.2, 0.25) is 0 Å². The molecule has 1 saturated carbocycles. The number of rotatable bonds is 4. The molecule has 3 nitrogen and oxygen atoms in total. The highest BCUT2D eigenvalue weighted by Gasteiger charge is 2.25. The number of aryl methyl sites for hydroxylation is 1. The van der Waals surface area contributed by atoms with Crippen molar-refractivity contribution in [3.05, 3.63) is 28.5 Å². The van der Waals surface area contributed by atoms with Gasteiger partial charge in [0.15, 0.2) is 0 Å². The molecule has 1 aliphatic rings. The molecule has 0 spiro atoms. The molecular formula is C16H23ClN2O. The lowest BCUT2D eigenvalue weighted by Crippen LogP contribution is -2.41. The van der Waals surface area contributed by atoms with Gasteiger partial charge in [0.25, 0.3) is 5.91 Å². The van der Waals surface area contributed by atoms with Crippen molar-refractivity contribution in [1.29, 1.82) is 0 Å². The largest absolute Gasteiger partial charge is 0.336 e. The molecule has 20 heavy (non-hydrogen) atoms. The maximum absolute atomic E-state index is 12.7. The number of hydrogen-bond acceptors (Lipinski definition) is 2. The van der Waals surface area contributed by atoms with E-state index >= 15 is 0 Å². The Morgan fingerprint density at radius 1 is 1.30 bits per heavy atom. The maximum Gasteiger partial charge on any atom is 0.254 e. The molecule has 0 unspecified atom stereocenters. The molecule has 0 aliphatic heterocycles. The zero-order valence-corrected chi connectivity index (χ0v) is 13.1. The molecule has 1 fully saturated rings. The fourth-order valence-electron chi connectivity index (χ4n) is 2.98. The average molecular weight is 295 g/mol. The lowest BCUT2D eigenvalue weighted by Gasteiger charge is -2.33. The van der Waals surface area contributed by atoms with E-state index in [1.165, 1.54) is 19.3 Å². The zero-order chi connectivity index (χ0) is 14.5. The van der Waals surface area contributed by atoms with Gasteiger partial charge in [0, 0.05) is 23.8 Å². The van der Waals surface area contributed by atoms with E-state index in [0.717, 1.165) is 31.5 Å². The number of pyridine rings is 1. The van der Waals surface area contributed by atoms with Crippen molar-refractivity contribution < 1.29 is 4.79 Å². The third kappa shape index (κ3) is 3.51. The Morgan fingerprint density at radius 2 is 2.00 bits per heavy atom. The van der Waals surface area contributed by atoms with Crippen LogP contribution in [0.3, 0.4) is 0 Å². The summed E-state index contributed by atoms with van der Waals surface area (Å²) in [4.78, 5) is 19.0. The molecule has 110 valence electrons. The van der Waals surface area contributed by atoms with Gasteiger partial charge in [-0.15, -0.1) is 0 Å². The van der Waals surface area contributed by atoms with Gasteiger partial charge in [-0.3, -0.25) is 4.79 Å². The van der Waals surface area contributed by atoms with Gasteiger partial charge in [-0.05, 0) is 38.3 Å². The van der Waals surface area contributed by atoms with Crippen LogP contribution < -0.4 is 0 Å². The molecule has 1 aromatic rings. The van der Waals surface area contributed by atoms with E-state index in [-0.39, 0.29) is 5.91 Å². The molecule has 0 radical (unpaired) electrons. The van der Waals surface area contributed by atoms with E-state index in [1.54, 1.807) is 6.07 Å². The van der Waals surface area contributed by atoms with Crippen LogP contribution in [0.5, 0.6) is 0 Å².